The minimum atomic E-state index is -4.37. The summed E-state index contributed by atoms with van der Waals surface area (Å²) >= 11 is 0. The Balaban J connectivity index is 1.42. The second-order valence-corrected chi connectivity index (χ2v) is 7.22. The summed E-state index contributed by atoms with van der Waals surface area (Å²) in [5.74, 6) is 2.08. The summed E-state index contributed by atoms with van der Waals surface area (Å²) in [7, 11) is 1.99. The summed E-state index contributed by atoms with van der Waals surface area (Å²) < 4.78 is 43.6. The minimum Gasteiger partial charge on any atom is -0.378 e. The molecule has 0 aliphatic carbocycles. The number of hydrogen-bond acceptors (Lipinski definition) is 7. The molecule has 0 bridgehead atoms. The lowest BCUT2D eigenvalue weighted by Gasteiger charge is -2.29. The maximum Gasteiger partial charge on any atom is 0.417 e. The fourth-order valence-electron chi connectivity index (χ4n) is 3.65. The number of anilines is 3. The topological polar surface area (TPSA) is 57.6 Å². The molecule has 0 spiro atoms. The molecule has 4 rings (SSSR count). The van der Waals surface area contributed by atoms with Gasteiger partial charge in [-0.1, -0.05) is 0 Å². The van der Waals surface area contributed by atoms with Gasteiger partial charge in [0.1, 0.15) is 11.6 Å². The minimum absolute atomic E-state index is 0.187. The molecule has 4 heterocycles. The quantitative estimate of drug-likeness (QED) is 0.770. The molecule has 29 heavy (non-hydrogen) atoms. The van der Waals surface area contributed by atoms with Crippen LogP contribution in [0.1, 0.15) is 12.0 Å². The van der Waals surface area contributed by atoms with Gasteiger partial charge in [0.25, 0.3) is 0 Å². The highest BCUT2D eigenvalue weighted by Gasteiger charge is 2.32. The molecule has 2 aromatic heterocycles. The lowest BCUT2D eigenvalue weighted by atomic mass is 10.2. The van der Waals surface area contributed by atoms with Crippen molar-refractivity contribution in [3.8, 4) is 0 Å². The molecule has 2 aliphatic rings. The van der Waals surface area contributed by atoms with Crippen LogP contribution in [0.25, 0.3) is 0 Å². The van der Waals surface area contributed by atoms with E-state index >= 15 is 0 Å². The Labute approximate surface area is 167 Å². The van der Waals surface area contributed by atoms with E-state index in [9.17, 15) is 13.2 Å². The number of hydrogen-bond donors (Lipinski definition) is 0. The van der Waals surface area contributed by atoms with Gasteiger partial charge < -0.3 is 19.4 Å². The summed E-state index contributed by atoms with van der Waals surface area (Å²) in [6, 6.07) is 4.58. The zero-order valence-corrected chi connectivity index (χ0v) is 16.1. The highest BCUT2D eigenvalue weighted by atomic mass is 19.4. The van der Waals surface area contributed by atoms with Gasteiger partial charge in [0.05, 0.1) is 18.8 Å². The third-order valence-electron chi connectivity index (χ3n) is 5.39. The molecule has 2 aliphatic heterocycles. The smallest absolute Gasteiger partial charge is 0.378 e. The van der Waals surface area contributed by atoms with Gasteiger partial charge >= 0.3 is 6.18 Å². The van der Waals surface area contributed by atoms with Gasteiger partial charge in [0.15, 0.2) is 0 Å². The van der Waals surface area contributed by atoms with Gasteiger partial charge in [0.2, 0.25) is 5.95 Å². The third-order valence-corrected chi connectivity index (χ3v) is 5.39. The number of ether oxygens (including phenoxy) is 1. The van der Waals surface area contributed by atoms with Gasteiger partial charge in [-0.25, -0.2) is 9.97 Å². The van der Waals surface area contributed by atoms with Gasteiger partial charge in [-0.3, -0.25) is 0 Å². The maximum absolute atomic E-state index is 12.7. The molecule has 7 nitrogen and oxygen atoms in total. The number of alkyl halides is 3. The number of halogens is 3. The van der Waals surface area contributed by atoms with Gasteiger partial charge in [-0.15, -0.1) is 0 Å². The van der Waals surface area contributed by atoms with E-state index in [0.717, 1.165) is 44.1 Å². The van der Waals surface area contributed by atoms with Crippen LogP contribution in [-0.2, 0) is 10.9 Å². The van der Waals surface area contributed by atoms with E-state index in [-0.39, 0.29) is 6.04 Å². The first-order valence-electron chi connectivity index (χ1n) is 9.58. The highest BCUT2D eigenvalue weighted by Crippen LogP contribution is 2.30. The van der Waals surface area contributed by atoms with Crippen molar-refractivity contribution in [2.24, 2.45) is 0 Å². The fourth-order valence-corrected chi connectivity index (χ4v) is 3.65. The van der Waals surface area contributed by atoms with Gasteiger partial charge in [0, 0.05) is 51.7 Å². The van der Waals surface area contributed by atoms with Crippen molar-refractivity contribution in [2.45, 2.75) is 18.6 Å². The van der Waals surface area contributed by atoms with Crippen LogP contribution in [-0.4, -0.2) is 67.4 Å². The van der Waals surface area contributed by atoms with Crippen LogP contribution in [0.5, 0.6) is 0 Å². The van der Waals surface area contributed by atoms with Crippen LogP contribution >= 0.6 is 0 Å². The van der Waals surface area contributed by atoms with Crippen LogP contribution in [0.3, 0.4) is 0 Å². The van der Waals surface area contributed by atoms with Gasteiger partial charge in [-0.05, 0) is 24.6 Å². The first kappa shape index (κ1) is 19.7. The molecule has 0 aromatic carbocycles. The molecule has 0 amide bonds. The number of morpholine rings is 1. The van der Waals surface area contributed by atoms with E-state index in [0.29, 0.717) is 31.5 Å². The molecule has 0 N–H and O–H groups in total. The summed E-state index contributed by atoms with van der Waals surface area (Å²) in [5, 5.41) is 0. The zero-order valence-electron chi connectivity index (χ0n) is 16.1. The predicted octanol–water partition coefficient (Wildman–Crippen LogP) is 2.44. The molecule has 156 valence electrons. The summed E-state index contributed by atoms with van der Waals surface area (Å²) in [6.07, 6.45) is -0.847. The first-order valence-corrected chi connectivity index (χ1v) is 9.58. The van der Waals surface area contributed by atoms with E-state index in [1.807, 2.05) is 18.0 Å². The van der Waals surface area contributed by atoms with Crippen molar-refractivity contribution in [3.63, 3.8) is 0 Å². The maximum atomic E-state index is 12.7. The lowest BCUT2D eigenvalue weighted by Crippen LogP contribution is -2.38. The van der Waals surface area contributed by atoms with Gasteiger partial charge in [-0.2, -0.15) is 18.2 Å². The largest absolute Gasteiger partial charge is 0.417 e. The van der Waals surface area contributed by atoms with E-state index in [4.69, 9.17) is 9.72 Å². The standard InChI is InChI=1S/C19H23F3N6O/c1-26(17-4-6-23-18(25-17)27-8-10-29-11-9-27)15-5-7-28(13-15)16-3-2-14(12-24-16)19(20,21)22/h2-4,6,12,15H,5,7-11,13H2,1H3. The molecule has 0 saturated carbocycles. The fraction of sp³-hybridized carbons (Fsp3) is 0.526. The average Bonchev–Trinajstić information content (AvgIpc) is 3.24. The first-order chi connectivity index (χ1) is 13.9. The number of nitrogens with zero attached hydrogens (tertiary/aromatic N) is 6. The SMILES string of the molecule is CN(c1ccnc(N2CCOCC2)n1)C1CCN(c2ccc(C(F)(F)F)cn2)C1. The number of rotatable bonds is 4. The molecule has 1 atom stereocenters. The average molecular weight is 408 g/mol. The van der Waals surface area contributed by atoms with E-state index in [2.05, 4.69) is 19.8 Å². The van der Waals surface area contributed by atoms with Crippen LogP contribution in [0, 0.1) is 0 Å². The Bertz CT molecular complexity index is 825. The van der Waals surface area contributed by atoms with Crippen LogP contribution < -0.4 is 14.7 Å². The van der Waals surface area contributed by atoms with Crippen LogP contribution in [0.2, 0.25) is 0 Å². The highest BCUT2D eigenvalue weighted by molar-refractivity contribution is 5.47. The molecule has 0 radical (unpaired) electrons. The molecule has 2 fully saturated rings. The lowest BCUT2D eigenvalue weighted by molar-refractivity contribution is -0.137. The molecule has 2 saturated heterocycles. The normalized spacial score (nSPS) is 20.2. The molecule has 1 unspecified atom stereocenters. The molecular formula is C19H23F3N6O. The van der Waals surface area contributed by atoms with Crippen molar-refractivity contribution < 1.29 is 17.9 Å². The van der Waals surface area contributed by atoms with E-state index in [1.54, 1.807) is 6.20 Å². The number of pyridine rings is 1. The molecule has 2 aromatic rings. The Morgan fingerprint density at radius 2 is 1.86 bits per heavy atom. The van der Waals surface area contributed by atoms with Crippen LogP contribution in [0.15, 0.2) is 30.6 Å². The number of likely N-dealkylation sites (N-methyl/N-ethyl adjacent to an activating group) is 1. The Morgan fingerprint density at radius 1 is 1.07 bits per heavy atom. The van der Waals surface area contributed by atoms with Crippen LogP contribution in [0.4, 0.5) is 30.8 Å². The second-order valence-electron chi connectivity index (χ2n) is 7.22. The third kappa shape index (κ3) is 4.36. The Hall–Kier alpha value is -2.62. The van der Waals surface area contributed by atoms with Crippen molar-refractivity contribution in [1.29, 1.82) is 0 Å². The van der Waals surface area contributed by atoms with E-state index < -0.39 is 11.7 Å². The Morgan fingerprint density at radius 3 is 2.55 bits per heavy atom. The van der Waals surface area contributed by atoms with Crippen molar-refractivity contribution >= 4 is 17.6 Å². The predicted molar refractivity (Wildman–Crippen MR) is 103 cm³/mol. The van der Waals surface area contributed by atoms with Crippen molar-refractivity contribution in [1.82, 2.24) is 15.0 Å². The Kier molecular flexibility index (Phi) is 5.44. The van der Waals surface area contributed by atoms with Crippen molar-refractivity contribution in [3.05, 3.63) is 36.2 Å². The summed E-state index contributed by atoms with van der Waals surface area (Å²) in [4.78, 5) is 19.3. The second kappa shape index (κ2) is 8.02. The van der Waals surface area contributed by atoms with E-state index in [1.165, 1.54) is 6.07 Å². The monoisotopic (exact) mass is 408 g/mol. The zero-order chi connectivity index (χ0) is 20.4. The molecule has 10 heteroatoms. The summed E-state index contributed by atoms with van der Waals surface area (Å²) in [6.45, 7) is 4.27. The molecular weight excluding hydrogens is 385 g/mol. The van der Waals surface area contributed by atoms with Crippen molar-refractivity contribution in [2.75, 3.05) is 61.1 Å². The summed E-state index contributed by atoms with van der Waals surface area (Å²) in [5.41, 5.74) is -0.731. The number of aromatic nitrogens is 3.